The van der Waals surface area contributed by atoms with E-state index in [9.17, 15) is 0 Å². The van der Waals surface area contributed by atoms with Gasteiger partial charge in [-0.2, -0.15) is 0 Å². The van der Waals surface area contributed by atoms with E-state index in [0.717, 1.165) is 19.5 Å². The Kier molecular flexibility index (Phi) is 4.75. The fourth-order valence-corrected chi connectivity index (χ4v) is 2.71. The minimum absolute atomic E-state index is 0.244. The molecule has 0 spiro atoms. The van der Waals surface area contributed by atoms with Crippen molar-refractivity contribution in [1.29, 1.82) is 0 Å². The van der Waals surface area contributed by atoms with Gasteiger partial charge in [0.15, 0.2) is 0 Å². The van der Waals surface area contributed by atoms with Crippen LogP contribution in [-0.2, 0) is 6.42 Å². The van der Waals surface area contributed by atoms with Crippen LogP contribution < -0.4 is 5.73 Å². The van der Waals surface area contributed by atoms with E-state index in [0.29, 0.717) is 6.04 Å². The molecule has 2 N–H and O–H groups in total. The van der Waals surface area contributed by atoms with E-state index in [-0.39, 0.29) is 6.04 Å². The van der Waals surface area contributed by atoms with E-state index in [1.54, 1.807) is 0 Å². The van der Waals surface area contributed by atoms with Gasteiger partial charge in [0.1, 0.15) is 0 Å². The van der Waals surface area contributed by atoms with Gasteiger partial charge in [-0.05, 0) is 39.0 Å². The lowest BCUT2D eigenvalue weighted by Gasteiger charge is -2.23. The molecule has 0 aliphatic carbocycles. The van der Waals surface area contributed by atoms with Crippen LogP contribution in [0.25, 0.3) is 0 Å². The number of nitrogens with zero attached hydrogens (tertiary/aromatic N) is 2. The standard InChI is InChI=1S/C15H25N3/c1-17(2)15-8-9-18(12-15)11-14(16)10-13-6-4-3-5-7-13/h3-7,14-15H,8-12,16H2,1-2H3. The lowest BCUT2D eigenvalue weighted by atomic mass is 10.1. The van der Waals surface area contributed by atoms with Gasteiger partial charge in [0.25, 0.3) is 0 Å². The second-order valence-corrected chi connectivity index (χ2v) is 5.62. The molecule has 1 heterocycles. The van der Waals surface area contributed by atoms with Gasteiger partial charge in [-0.3, -0.25) is 0 Å². The third-order valence-corrected chi connectivity index (χ3v) is 3.81. The Morgan fingerprint density at radius 2 is 2.06 bits per heavy atom. The van der Waals surface area contributed by atoms with E-state index in [2.05, 4.69) is 54.2 Å². The molecule has 0 amide bonds. The fourth-order valence-electron chi connectivity index (χ4n) is 2.71. The molecule has 0 saturated carbocycles. The van der Waals surface area contributed by atoms with Crippen LogP contribution in [0.1, 0.15) is 12.0 Å². The highest BCUT2D eigenvalue weighted by Crippen LogP contribution is 2.13. The first-order valence-electron chi connectivity index (χ1n) is 6.83. The molecule has 100 valence electrons. The topological polar surface area (TPSA) is 32.5 Å². The van der Waals surface area contributed by atoms with Gasteiger partial charge in [-0.15, -0.1) is 0 Å². The van der Waals surface area contributed by atoms with E-state index >= 15 is 0 Å². The molecule has 18 heavy (non-hydrogen) atoms. The Morgan fingerprint density at radius 3 is 2.67 bits per heavy atom. The summed E-state index contributed by atoms with van der Waals surface area (Å²) in [4.78, 5) is 4.82. The van der Waals surface area contributed by atoms with Crippen LogP contribution in [-0.4, -0.2) is 55.6 Å². The average Bonchev–Trinajstić information content (AvgIpc) is 2.78. The van der Waals surface area contributed by atoms with Crippen LogP contribution in [0.4, 0.5) is 0 Å². The number of benzene rings is 1. The SMILES string of the molecule is CN(C)C1CCN(CC(N)Cc2ccccc2)C1. The van der Waals surface area contributed by atoms with Crippen molar-refractivity contribution in [2.45, 2.75) is 24.9 Å². The van der Waals surface area contributed by atoms with Crippen LogP contribution >= 0.6 is 0 Å². The molecule has 1 saturated heterocycles. The van der Waals surface area contributed by atoms with Crippen molar-refractivity contribution >= 4 is 0 Å². The largest absolute Gasteiger partial charge is 0.326 e. The molecular formula is C15H25N3. The molecule has 0 radical (unpaired) electrons. The van der Waals surface area contributed by atoms with Gasteiger partial charge < -0.3 is 15.5 Å². The summed E-state index contributed by atoms with van der Waals surface area (Å²) in [6.07, 6.45) is 2.25. The van der Waals surface area contributed by atoms with Gasteiger partial charge in [0, 0.05) is 25.2 Å². The third-order valence-electron chi connectivity index (χ3n) is 3.81. The maximum absolute atomic E-state index is 6.25. The van der Waals surface area contributed by atoms with Gasteiger partial charge in [0.2, 0.25) is 0 Å². The maximum Gasteiger partial charge on any atom is 0.0229 e. The highest BCUT2D eigenvalue weighted by Gasteiger charge is 2.24. The van der Waals surface area contributed by atoms with Crippen molar-refractivity contribution < 1.29 is 0 Å². The number of nitrogens with two attached hydrogens (primary N) is 1. The molecule has 1 aromatic carbocycles. The molecule has 2 unspecified atom stereocenters. The molecule has 3 heteroatoms. The quantitative estimate of drug-likeness (QED) is 0.848. The predicted octanol–water partition coefficient (Wildman–Crippen LogP) is 1.19. The molecule has 1 aliphatic heterocycles. The first-order chi connectivity index (χ1) is 8.65. The number of hydrogen-bond donors (Lipinski definition) is 1. The molecule has 2 atom stereocenters. The average molecular weight is 247 g/mol. The Hall–Kier alpha value is -0.900. The smallest absolute Gasteiger partial charge is 0.0229 e. The zero-order valence-electron chi connectivity index (χ0n) is 11.5. The summed E-state index contributed by atoms with van der Waals surface area (Å²) in [5, 5.41) is 0. The van der Waals surface area contributed by atoms with Gasteiger partial charge in [-0.1, -0.05) is 30.3 Å². The highest BCUT2D eigenvalue weighted by atomic mass is 15.2. The van der Waals surface area contributed by atoms with E-state index in [1.807, 2.05) is 0 Å². The first kappa shape index (κ1) is 13.5. The zero-order valence-corrected chi connectivity index (χ0v) is 11.5. The van der Waals surface area contributed by atoms with Crippen LogP contribution in [0.2, 0.25) is 0 Å². The van der Waals surface area contributed by atoms with E-state index in [4.69, 9.17) is 5.73 Å². The summed E-state index contributed by atoms with van der Waals surface area (Å²) in [5.74, 6) is 0. The Labute approximate surface area is 111 Å². The Balaban J connectivity index is 1.77. The van der Waals surface area contributed by atoms with Crippen molar-refractivity contribution in [3.05, 3.63) is 35.9 Å². The third kappa shape index (κ3) is 3.80. The van der Waals surface area contributed by atoms with Gasteiger partial charge in [0.05, 0.1) is 0 Å². The van der Waals surface area contributed by atoms with E-state index < -0.39 is 0 Å². The molecule has 2 rings (SSSR count). The minimum Gasteiger partial charge on any atom is -0.326 e. The van der Waals surface area contributed by atoms with Crippen LogP contribution in [0.5, 0.6) is 0 Å². The molecule has 1 fully saturated rings. The molecule has 1 aromatic rings. The fraction of sp³-hybridized carbons (Fsp3) is 0.600. The zero-order chi connectivity index (χ0) is 13.0. The summed E-state index contributed by atoms with van der Waals surface area (Å²) in [7, 11) is 4.33. The molecule has 0 aromatic heterocycles. The highest BCUT2D eigenvalue weighted by molar-refractivity contribution is 5.15. The van der Waals surface area contributed by atoms with Crippen molar-refractivity contribution in [2.24, 2.45) is 5.73 Å². The van der Waals surface area contributed by atoms with Gasteiger partial charge >= 0.3 is 0 Å². The summed E-state index contributed by atoms with van der Waals surface area (Å²) in [6, 6.07) is 11.5. The first-order valence-corrected chi connectivity index (χ1v) is 6.83. The second kappa shape index (κ2) is 6.32. The molecule has 1 aliphatic rings. The number of rotatable bonds is 5. The summed E-state index contributed by atoms with van der Waals surface area (Å²) in [6.45, 7) is 3.36. The molecule has 3 nitrogen and oxygen atoms in total. The molecular weight excluding hydrogens is 222 g/mol. The number of likely N-dealkylation sites (N-methyl/N-ethyl adjacent to an activating group) is 1. The van der Waals surface area contributed by atoms with Crippen molar-refractivity contribution in [2.75, 3.05) is 33.7 Å². The molecule has 0 bridgehead atoms. The maximum atomic E-state index is 6.25. The van der Waals surface area contributed by atoms with Crippen LogP contribution in [0.3, 0.4) is 0 Å². The summed E-state index contributed by atoms with van der Waals surface area (Å²) in [5.41, 5.74) is 7.59. The Morgan fingerprint density at radius 1 is 1.33 bits per heavy atom. The van der Waals surface area contributed by atoms with Crippen LogP contribution in [0, 0.1) is 0 Å². The number of likely N-dealkylation sites (tertiary alicyclic amines) is 1. The van der Waals surface area contributed by atoms with Crippen molar-refractivity contribution in [3.63, 3.8) is 0 Å². The predicted molar refractivity (Wildman–Crippen MR) is 76.7 cm³/mol. The van der Waals surface area contributed by atoms with E-state index in [1.165, 1.54) is 18.5 Å². The lowest BCUT2D eigenvalue weighted by Crippen LogP contribution is -2.39. The van der Waals surface area contributed by atoms with Crippen LogP contribution in [0.15, 0.2) is 30.3 Å². The normalized spacial score (nSPS) is 22.6. The Bertz CT molecular complexity index is 350. The number of hydrogen-bond acceptors (Lipinski definition) is 3. The van der Waals surface area contributed by atoms with Gasteiger partial charge in [-0.25, -0.2) is 0 Å². The summed E-state index contributed by atoms with van der Waals surface area (Å²) < 4.78 is 0. The lowest BCUT2D eigenvalue weighted by molar-refractivity contribution is 0.259. The van der Waals surface area contributed by atoms with Crippen molar-refractivity contribution in [1.82, 2.24) is 9.80 Å². The monoisotopic (exact) mass is 247 g/mol. The van der Waals surface area contributed by atoms with Crippen molar-refractivity contribution in [3.8, 4) is 0 Å². The summed E-state index contributed by atoms with van der Waals surface area (Å²) >= 11 is 0. The minimum atomic E-state index is 0.244. The second-order valence-electron chi connectivity index (χ2n) is 5.62.